The van der Waals surface area contributed by atoms with Crippen LogP contribution in [0.1, 0.15) is 12.6 Å². The molecule has 2 aromatic heterocycles. The van der Waals surface area contributed by atoms with E-state index in [0.717, 1.165) is 0 Å². The molecule has 0 saturated carbocycles. The Hall–Kier alpha value is -1.71. The predicted molar refractivity (Wildman–Crippen MR) is 96.6 cm³/mol. The number of nitrogen functional groups attached to an aromatic ring is 1. The highest BCUT2D eigenvalue weighted by Gasteiger charge is 2.50. The second kappa shape index (κ2) is 7.37. The number of imidazole rings is 1. The van der Waals surface area contributed by atoms with E-state index in [-0.39, 0.29) is 23.7 Å². The standard InChI is InChI=1S/C14H16N5O6PS/c1-2-3-4-27-14-16-7-10(17-13(15)18-11(7)21)19(14)12-8(20)9-6(24-12)5-23-26(22)25-9/h1,6,8-9,12,20,22H,3-5H2,(H3,15,17,18,21). The zero-order valence-electron chi connectivity index (χ0n) is 13.8. The second-order valence-electron chi connectivity index (χ2n) is 5.85. The lowest BCUT2D eigenvalue weighted by Gasteiger charge is -2.27. The first-order chi connectivity index (χ1) is 13.0. The maximum Gasteiger partial charge on any atom is 0.330 e. The van der Waals surface area contributed by atoms with E-state index < -0.39 is 38.7 Å². The van der Waals surface area contributed by atoms with Gasteiger partial charge in [0, 0.05) is 12.2 Å². The highest BCUT2D eigenvalue weighted by atomic mass is 32.2. The zero-order chi connectivity index (χ0) is 19.1. The van der Waals surface area contributed by atoms with Gasteiger partial charge in [-0.25, -0.2) is 4.98 Å². The summed E-state index contributed by atoms with van der Waals surface area (Å²) in [4.78, 5) is 32.7. The number of aliphatic hydroxyl groups is 1. The number of H-pyrrole nitrogens is 1. The Labute approximate surface area is 158 Å². The lowest BCUT2D eigenvalue weighted by Crippen LogP contribution is -2.38. The van der Waals surface area contributed by atoms with Crippen molar-refractivity contribution in [1.29, 1.82) is 0 Å². The van der Waals surface area contributed by atoms with Crippen molar-refractivity contribution in [2.75, 3.05) is 18.1 Å². The van der Waals surface area contributed by atoms with Crippen molar-refractivity contribution >= 4 is 37.5 Å². The van der Waals surface area contributed by atoms with Gasteiger partial charge in [-0.1, -0.05) is 11.8 Å². The number of rotatable bonds is 4. The van der Waals surface area contributed by atoms with Crippen LogP contribution >= 0.6 is 20.4 Å². The van der Waals surface area contributed by atoms with Crippen LogP contribution in [0, 0.1) is 12.3 Å². The number of nitrogens with two attached hydrogens (primary N) is 1. The van der Waals surface area contributed by atoms with E-state index in [1.54, 1.807) is 0 Å². The van der Waals surface area contributed by atoms with Crippen LogP contribution in [0.5, 0.6) is 0 Å². The highest BCUT2D eigenvalue weighted by Crippen LogP contribution is 2.47. The van der Waals surface area contributed by atoms with Crippen molar-refractivity contribution in [3.05, 3.63) is 10.4 Å². The summed E-state index contributed by atoms with van der Waals surface area (Å²) in [7, 11) is -2.07. The molecule has 2 aromatic rings. The fourth-order valence-corrected chi connectivity index (χ4v) is 4.67. The largest absolute Gasteiger partial charge is 0.386 e. The van der Waals surface area contributed by atoms with E-state index in [9.17, 15) is 14.8 Å². The number of anilines is 1. The molecule has 0 radical (unpaired) electrons. The first-order valence-electron chi connectivity index (χ1n) is 7.96. The lowest BCUT2D eigenvalue weighted by molar-refractivity contribution is -0.0614. The van der Waals surface area contributed by atoms with E-state index in [1.165, 1.54) is 16.3 Å². The van der Waals surface area contributed by atoms with Gasteiger partial charge in [0.1, 0.15) is 18.3 Å². The molecule has 5 atom stereocenters. The number of hydrogen-bond acceptors (Lipinski definition) is 10. The summed E-state index contributed by atoms with van der Waals surface area (Å²) in [6.07, 6.45) is 2.34. The Bertz CT molecular complexity index is 960. The summed E-state index contributed by atoms with van der Waals surface area (Å²) in [5.74, 6) is 2.99. The molecule has 2 fully saturated rings. The van der Waals surface area contributed by atoms with Crippen LogP contribution < -0.4 is 11.3 Å². The first-order valence-corrected chi connectivity index (χ1v) is 10.1. The predicted octanol–water partition coefficient (Wildman–Crippen LogP) is -0.290. The molecule has 11 nitrogen and oxygen atoms in total. The van der Waals surface area contributed by atoms with Crippen LogP contribution in [0.25, 0.3) is 11.2 Å². The van der Waals surface area contributed by atoms with Crippen LogP contribution in [0.2, 0.25) is 0 Å². The van der Waals surface area contributed by atoms with E-state index >= 15 is 0 Å². The van der Waals surface area contributed by atoms with Gasteiger partial charge in [0.25, 0.3) is 5.56 Å². The second-order valence-corrected chi connectivity index (χ2v) is 7.86. The first kappa shape index (κ1) is 18.6. The van der Waals surface area contributed by atoms with Crippen LogP contribution in [0.15, 0.2) is 9.95 Å². The Morgan fingerprint density at radius 1 is 1.52 bits per heavy atom. The Balaban J connectivity index is 1.78. The Morgan fingerprint density at radius 2 is 2.33 bits per heavy atom. The summed E-state index contributed by atoms with van der Waals surface area (Å²) < 4.78 is 17.7. The molecule has 4 heterocycles. The fraction of sp³-hybridized carbons (Fsp3) is 0.500. The van der Waals surface area contributed by atoms with E-state index in [0.29, 0.717) is 17.3 Å². The third-order valence-corrected chi connectivity index (χ3v) is 5.89. The summed E-state index contributed by atoms with van der Waals surface area (Å²) in [6, 6.07) is 0. The van der Waals surface area contributed by atoms with E-state index in [4.69, 9.17) is 25.9 Å². The molecule has 2 saturated heterocycles. The number of fused-ring (bicyclic) bond motifs is 2. The molecule has 5 unspecified atom stereocenters. The van der Waals surface area contributed by atoms with E-state index in [1.807, 2.05) is 0 Å². The van der Waals surface area contributed by atoms with Gasteiger partial charge in [0.15, 0.2) is 22.5 Å². The minimum Gasteiger partial charge on any atom is -0.386 e. The summed E-state index contributed by atoms with van der Waals surface area (Å²) in [5.41, 5.74) is 5.42. The van der Waals surface area contributed by atoms with Gasteiger partial charge in [-0.2, -0.15) is 4.98 Å². The van der Waals surface area contributed by atoms with Crippen molar-refractivity contribution < 1.29 is 23.8 Å². The number of aromatic amines is 1. The molecule has 27 heavy (non-hydrogen) atoms. The van der Waals surface area contributed by atoms with Crippen molar-refractivity contribution in [2.45, 2.75) is 36.1 Å². The molecule has 2 aliphatic rings. The van der Waals surface area contributed by atoms with Crippen molar-refractivity contribution in [3.63, 3.8) is 0 Å². The summed E-state index contributed by atoms with van der Waals surface area (Å²) in [6.45, 7) is 0.0722. The Morgan fingerprint density at radius 3 is 3.11 bits per heavy atom. The van der Waals surface area contributed by atoms with Gasteiger partial charge in [0.2, 0.25) is 5.95 Å². The number of terminal acetylenes is 1. The third-order valence-electron chi connectivity index (χ3n) is 4.14. The van der Waals surface area contributed by atoms with Crippen LogP contribution in [-0.2, 0) is 13.8 Å². The third kappa shape index (κ3) is 3.32. The molecule has 4 rings (SSSR count). The lowest BCUT2D eigenvalue weighted by atomic mass is 10.1. The average Bonchev–Trinajstić information content (AvgIpc) is 3.13. The van der Waals surface area contributed by atoms with Gasteiger partial charge in [-0.3, -0.25) is 14.3 Å². The molecule has 0 aliphatic carbocycles. The molecule has 144 valence electrons. The molecule has 0 aromatic carbocycles. The number of nitrogens with one attached hydrogen (secondary N) is 1. The average molecular weight is 413 g/mol. The van der Waals surface area contributed by atoms with Crippen LogP contribution in [0.3, 0.4) is 0 Å². The number of ether oxygens (including phenoxy) is 1. The smallest absolute Gasteiger partial charge is 0.330 e. The Kier molecular flexibility index (Phi) is 5.09. The van der Waals surface area contributed by atoms with Gasteiger partial charge < -0.3 is 29.5 Å². The molecule has 5 N–H and O–H groups in total. The molecular formula is C14H16N5O6PS. The van der Waals surface area contributed by atoms with Gasteiger partial charge in [0.05, 0.1) is 6.61 Å². The van der Waals surface area contributed by atoms with Crippen molar-refractivity contribution in [1.82, 2.24) is 19.5 Å². The number of hydrogen-bond donors (Lipinski definition) is 4. The maximum atomic E-state index is 12.2. The number of thioether (sulfide) groups is 1. The zero-order valence-corrected chi connectivity index (χ0v) is 15.5. The number of nitrogens with zero attached hydrogens (tertiary/aromatic N) is 3. The number of aromatic nitrogens is 4. The van der Waals surface area contributed by atoms with Crippen molar-refractivity contribution in [2.24, 2.45) is 0 Å². The van der Waals surface area contributed by atoms with E-state index in [2.05, 4.69) is 20.9 Å². The van der Waals surface area contributed by atoms with Gasteiger partial charge in [-0.15, -0.1) is 12.3 Å². The molecule has 2 aliphatic heterocycles. The highest BCUT2D eigenvalue weighted by molar-refractivity contribution is 7.99. The van der Waals surface area contributed by atoms with Gasteiger partial charge >= 0.3 is 8.60 Å². The monoisotopic (exact) mass is 413 g/mol. The molecular weight excluding hydrogens is 397 g/mol. The van der Waals surface area contributed by atoms with Crippen LogP contribution in [-0.4, -0.2) is 60.2 Å². The molecule has 13 heteroatoms. The quantitative estimate of drug-likeness (QED) is 0.227. The van der Waals surface area contributed by atoms with Crippen LogP contribution in [0.4, 0.5) is 5.95 Å². The molecule has 0 amide bonds. The molecule has 0 spiro atoms. The minimum absolute atomic E-state index is 0.0691. The topological polar surface area (TPSA) is 158 Å². The number of aliphatic hydroxyl groups excluding tert-OH is 1. The minimum atomic E-state index is -2.07. The fourth-order valence-electron chi connectivity index (χ4n) is 2.98. The van der Waals surface area contributed by atoms with Crippen molar-refractivity contribution in [3.8, 4) is 12.3 Å². The SMILES string of the molecule is C#CCCSc1nc2c(=O)[nH]c(N)nc2n1C1OC2COP(O)OC2C1O. The molecule has 0 bridgehead atoms. The normalized spacial score (nSPS) is 30.3. The summed E-state index contributed by atoms with van der Waals surface area (Å²) >= 11 is 1.30. The summed E-state index contributed by atoms with van der Waals surface area (Å²) in [5, 5.41) is 11.1. The maximum absolute atomic E-state index is 12.2. The van der Waals surface area contributed by atoms with Gasteiger partial charge in [-0.05, 0) is 0 Å².